The van der Waals surface area contributed by atoms with Crippen molar-refractivity contribution in [1.82, 2.24) is 15.2 Å². The van der Waals surface area contributed by atoms with E-state index in [1.165, 1.54) is 5.56 Å². The van der Waals surface area contributed by atoms with Crippen molar-refractivity contribution in [2.45, 2.75) is 26.3 Å². The van der Waals surface area contributed by atoms with Gasteiger partial charge in [-0.2, -0.15) is 0 Å². The van der Waals surface area contributed by atoms with Gasteiger partial charge in [-0.25, -0.2) is 4.98 Å². The number of piperazine rings is 1. The van der Waals surface area contributed by atoms with Crippen LogP contribution in [-0.2, 0) is 0 Å². The molecule has 1 N–H and O–H groups in total. The fourth-order valence-corrected chi connectivity index (χ4v) is 3.21. The molecule has 0 aliphatic carbocycles. The van der Waals surface area contributed by atoms with Crippen LogP contribution >= 0.6 is 0 Å². The van der Waals surface area contributed by atoms with Crippen LogP contribution in [0.5, 0.6) is 0 Å². The first-order valence-electron chi connectivity index (χ1n) is 9.88. The highest BCUT2D eigenvalue weighted by Crippen LogP contribution is 2.16. The molecule has 3 rings (SSSR count). The summed E-state index contributed by atoms with van der Waals surface area (Å²) in [5.41, 5.74) is 1.64. The van der Waals surface area contributed by atoms with Crippen molar-refractivity contribution in [2.75, 3.05) is 37.6 Å². The van der Waals surface area contributed by atoms with Gasteiger partial charge in [0.15, 0.2) is 0 Å². The number of carbonyl (C=O) groups is 1. The molecule has 1 amide bonds. The van der Waals surface area contributed by atoms with Gasteiger partial charge in [-0.15, -0.1) is 0 Å². The average Bonchev–Trinajstić information content (AvgIpc) is 2.68. The van der Waals surface area contributed by atoms with E-state index in [2.05, 4.69) is 56.5 Å². The molecule has 1 aliphatic rings. The molecule has 1 aromatic heterocycles. The van der Waals surface area contributed by atoms with Gasteiger partial charge in [-0.3, -0.25) is 9.69 Å². The standard InChI is InChI=1S/C23H30N4O/c1-23(2,3)25-22(28)20-11-12-24-21(18-20)27-16-14-26(15-17-27)13-7-10-19-8-5-4-6-9-19/h4-12,18H,13-17H2,1-3H3,(H,25,28)/b10-7+. The van der Waals surface area contributed by atoms with Gasteiger partial charge >= 0.3 is 0 Å². The Balaban J connectivity index is 1.53. The fourth-order valence-electron chi connectivity index (χ4n) is 3.21. The van der Waals surface area contributed by atoms with Crippen LogP contribution in [-0.4, -0.2) is 54.1 Å². The Morgan fingerprint density at radius 2 is 1.82 bits per heavy atom. The van der Waals surface area contributed by atoms with Gasteiger partial charge in [0, 0.05) is 50.0 Å². The lowest BCUT2D eigenvalue weighted by molar-refractivity contribution is 0.0919. The largest absolute Gasteiger partial charge is 0.354 e. The summed E-state index contributed by atoms with van der Waals surface area (Å²) in [4.78, 5) is 21.6. The number of nitrogens with one attached hydrogen (secondary N) is 1. The SMILES string of the molecule is CC(C)(C)NC(=O)c1ccnc(N2CCN(C/C=C/c3ccccc3)CC2)c1. The molecular weight excluding hydrogens is 348 g/mol. The third-order valence-corrected chi connectivity index (χ3v) is 4.67. The number of aromatic nitrogens is 1. The third kappa shape index (κ3) is 5.92. The van der Waals surface area contributed by atoms with Gasteiger partial charge in [0.25, 0.3) is 5.91 Å². The minimum atomic E-state index is -0.251. The number of hydrogen-bond donors (Lipinski definition) is 1. The molecule has 5 nitrogen and oxygen atoms in total. The zero-order valence-electron chi connectivity index (χ0n) is 17.1. The summed E-state index contributed by atoms with van der Waals surface area (Å²) in [5.74, 6) is 0.821. The first kappa shape index (κ1) is 20.1. The van der Waals surface area contributed by atoms with E-state index in [1.54, 1.807) is 12.3 Å². The molecule has 5 heteroatoms. The highest BCUT2D eigenvalue weighted by molar-refractivity contribution is 5.95. The van der Waals surface area contributed by atoms with Crippen LogP contribution < -0.4 is 10.2 Å². The zero-order chi connectivity index (χ0) is 20.0. The van der Waals surface area contributed by atoms with Crippen molar-refractivity contribution in [1.29, 1.82) is 0 Å². The lowest BCUT2D eigenvalue weighted by Gasteiger charge is -2.35. The number of carbonyl (C=O) groups excluding carboxylic acids is 1. The van der Waals surface area contributed by atoms with Crippen LogP contribution in [0.3, 0.4) is 0 Å². The van der Waals surface area contributed by atoms with Crippen LogP contribution in [0.4, 0.5) is 5.82 Å². The van der Waals surface area contributed by atoms with E-state index in [9.17, 15) is 4.79 Å². The summed E-state index contributed by atoms with van der Waals surface area (Å²) in [6.45, 7) is 10.7. The van der Waals surface area contributed by atoms with Gasteiger partial charge in [0.2, 0.25) is 0 Å². The van der Waals surface area contributed by atoms with E-state index in [-0.39, 0.29) is 11.4 Å². The number of rotatable bonds is 5. The molecule has 2 heterocycles. The fraction of sp³-hybridized carbons (Fsp3) is 0.391. The molecular formula is C23H30N4O. The van der Waals surface area contributed by atoms with Crippen molar-refractivity contribution in [3.63, 3.8) is 0 Å². The van der Waals surface area contributed by atoms with Crippen molar-refractivity contribution in [2.24, 2.45) is 0 Å². The predicted octanol–water partition coefficient (Wildman–Crippen LogP) is 3.45. The Kier molecular flexibility index (Phi) is 6.47. The molecule has 1 aromatic carbocycles. The van der Waals surface area contributed by atoms with Crippen molar-refractivity contribution >= 4 is 17.8 Å². The number of pyridine rings is 1. The topological polar surface area (TPSA) is 48.5 Å². The molecule has 0 bridgehead atoms. The molecule has 0 spiro atoms. The first-order chi connectivity index (χ1) is 13.4. The van der Waals surface area contributed by atoms with E-state index >= 15 is 0 Å². The second kappa shape index (κ2) is 9.02. The maximum absolute atomic E-state index is 12.4. The summed E-state index contributed by atoms with van der Waals surface area (Å²) < 4.78 is 0. The Labute approximate surface area is 168 Å². The summed E-state index contributed by atoms with van der Waals surface area (Å²) in [6.07, 6.45) is 6.12. The van der Waals surface area contributed by atoms with E-state index in [0.717, 1.165) is 38.5 Å². The van der Waals surface area contributed by atoms with Crippen molar-refractivity contribution in [3.05, 3.63) is 65.9 Å². The Morgan fingerprint density at radius 1 is 1.11 bits per heavy atom. The van der Waals surface area contributed by atoms with Crippen molar-refractivity contribution < 1.29 is 4.79 Å². The molecule has 1 fully saturated rings. The molecule has 2 aromatic rings. The average molecular weight is 379 g/mol. The molecule has 1 saturated heterocycles. The summed E-state index contributed by atoms with van der Waals surface area (Å²) in [7, 11) is 0. The van der Waals surface area contributed by atoms with Crippen LogP contribution in [0, 0.1) is 0 Å². The second-order valence-corrected chi connectivity index (χ2v) is 8.21. The van der Waals surface area contributed by atoms with Gasteiger partial charge in [-0.1, -0.05) is 42.5 Å². The minimum absolute atomic E-state index is 0.0548. The number of benzene rings is 1. The quantitative estimate of drug-likeness (QED) is 0.866. The van der Waals surface area contributed by atoms with Gasteiger partial charge < -0.3 is 10.2 Å². The lowest BCUT2D eigenvalue weighted by atomic mass is 10.1. The van der Waals surface area contributed by atoms with Gasteiger partial charge in [0.1, 0.15) is 5.82 Å². The monoisotopic (exact) mass is 378 g/mol. The van der Waals surface area contributed by atoms with Crippen molar-refractivity contribution in [3.8, 4) is 0 Å². The molecule has 0 saturated carbocycles. The number of anilines is 1. The summed E-state index contributed by atoms with van der Waals surface area (Å²) in [6, 6.07) is 14.0. The smallest absolute Gasteiger partial charge is 0.251 e. The highest BCUT2D eigenvalue weighted by Gasteiger charge is 2.20. The molecule has 148 valence electrons. The van der Waals surface area contributed by atoms with E-state index < -0.39 is 0 Å². The normalized spacial score (nSPS) is 15.8. The van der Waals surface area contributed by atoms with Crippen LogP contribution in [0.1, 0.15) is 36.7 Å². The molecule has 0 unspecified atom stereocenters. The Bertz CT molecular complexity index is 803. The lowest BCUT2D eigenvalue weighted by Crippen LogP contribution is -2.46. The molecule has 0 radical (unpaired) electrons. The third-order valence-electron chi connectivity index (χ3n) is 4.67. The summed E-state index contributed by atoms with van der Waals surface area (Å²) in [5, 5.41) is 3.01. The molecule has 1 aliphatic heterocycles. The molecule has 0 atom stereocenters. The van der Waals surface area contributed by atoms with E-state index in [0.29, 0.717) is 5.56 Å². The number of hydrogen-bond acceptors (Lipinski definition) is 4. The Hall–Kier alpha value is -2.66. The first-order valence-corrected chi connectivity index (χ1v) is 9.88. The maximum atomic E-state index is 12.4. The maximum Gasteiger partial charge on any atom is 0.251 e. The highest BCUT2D eigenvalue weighted by atomic mass is 16.1. The minimum Gasteiger partial charge on any atom is -0.354 e. The Morgan fingerprint density at radius 3 is 2.50 bits per heavy atom. The van der Waals surface area contributed by atoms with Crippen LogP contribution in [0.25, 0.3) is 6.08 Å². The van der Waals surface area contributed by atoms with E-state index in [4.69, 9.17) is 0 Å². The second-order valence-electron chi connectivity index (χ2n) is 8.21. The van der Waals surface area contributed by atoms with Gasteiger partial charge in [0.05, 0.1) is 0 Å². The number of amides is 1. The summed E-state index contributed by atoms with van der Waals surface area (Å²) >= 11 is 0. The molecule has 28 heavy (non-hydrogen) atoms. The number of nitrogens with zero attached hydrogens (tertiary/aromatic N) is 3. The van der Waals surface area contributed by atoms with Crippen LogP contribution in [0.15, 0.2) is 54.7 Å². The van der Waals surface area contributed by atoms with Crippen LogP contribution in [0.2, 0.25) is 0 Å². The zero-order valence-corrected chi connectivity index (χ0v) is 17.1. The predicted molar refractivity (Wildman–Crippen MR) is 116 cm³/mol. The van der Waals surface area contributed by atoms with E-state index in [1.807, 2.05) is 32.9 Å². The van der Waals surface area contributed by atoms with Gasteiger partial charge in [-0.05, 0) is 38.5 Å².